The number of rotatable bonds is 7. The number of carbonyl (C=O) groups is 5. The van der Waals surface area contributed by atoms with Crippen molar-refractivity contribution < 1.29 is 43.3 Å². The van der Waals surface area contributed by atoms with Crippen LogP contribution in [0.5, 0.6) is 11.5 Å². The Balaban J connectivity index is 0.920. The Labute approximate surface area is 371 Å². The summed E-state index contributed by atoms with van der Waals surface area (Å²) in [5, 5.41) is 26.3. The lowest BCUT2D eigenvalue weighted by molar-refractivity contribution is -0.147. The maximum absolute atomic E-state index is 13.8. The smallest absolute Gasteiger partial charge is 0.424 e. The summed E-state index contributed by atoms with van der Waals surface area (Å²) in [4.78, 5) is 72.7. The largest absolute Gasteiger partial charge is 0.507 e. The fourth-order valence-corrected chi connectivity index (χ4v) is 8.97. The van der Waals surface area contributed by atoms with Crippen LogP contribution in [0.4, 0.5) is 26.8 Å². The maximum Gasteiger partial charge on any atom is 0.424 e. The van der Waals surface area contributed by atoms with E-state index < -0.39 is 41.2 Å². The van der Waals surface area contributed by atoms with Crippen LogP contribution < -0.4 is 19.9 Å². The number of phenols is 1. The van der Waals surface area contributed by atoms with Crippen molar-refractivity contribution in [2.75, 3.05) is 47.9 Å². The normalized spacial score (nSPS) is 21.0. The minimum absolute atomic E-state index is 0.0119. The number of imide groups is 3. The minimum atomic E-state index is -0.949. The summed E-state index contributed by atoms with van der Waals surface area (Å²) in [6, 6.07) is 13.9. The van der Waals surface area contributed by atoms with Crippen molar-refractivity contribution >= 4 is 47.1 Å². The lowest BCUT2D eigenvalue weighted by atomic mass is 9.80. The van der Waals surface area contributed by atoms with Gasteiger partial charge in [-0.15, -0.1) is 10.2 Å². The lowest BCUT2D eigenvalue weighted by Gasteiger charge is -2.43. The Morgan fingerprint density at radius 1 is 0.844 bits per heavy atom. The molecule has 4 aliphatic rings. The van der Waals surface area contributed by atoms with Crippen LogP contribution in [0, 0.1) is 0 Å². The second-order valence-electron chi connectivity index (χ2n) is 18.6. The number of para-hydroxylation sites is 2. The van der Waals surface area contributed by atoms with E-state index in [4.69, 9.17) is 14.2 Å². The zero-order valence-corrected chi connectivity index (χ0v) is 37.1. The van der Waals surface area contributed by atoms with Crippen LogP contribution in [0.1, 0.15) is 91.5 Å². The number of aromatic nitrogens is 4. The van der Waals surface area contributed by atoms with Crippen LogP contribution in [-0.4, -0.2) is 121 Å². The number of amides is 5. The van der Waals surface area contributed by atoms with Crippen molar-refractivity contribution in [2.45, 2.75) is 109 Å². The number of nitrogens with one attached hydrogen (secondary N) is 1. The first-order chi connectivity index (χ1) is 30.4. The Hall–Kier alpha value is -6.56. The van der Waals surface area contributed by atoms with Crippen LogP contribution in [0.3, 0.4) is 0 Å². The Bertz CT molecular complexity index is 2450. The molecule has 3 fully saturated rings. The van der Waals surface area contributed by atoms with E-state index in [1.165, 1.54) is 4.68 Å². The highest BCUT2D eigenvalue weighted by Gasteiger charge is 2.45. The van der Waals surface area contributed by atoms with Crippen molar-refractivity contribution in [1.82, 2.24) is 29.8 Å². The monoisotopic (exact) mass is 877 g/mol. The Morgan fingerprint density at radius 2 is 1.59 bits per heavy atom. The summed E-state index contributed by atoms with van der Waals surface area (Å²) < 4.78 is 18.7. The summed E-state index contributed by atoms with van der Waals surface area (Å²) >= 11 is 0. The number of nitrogens with zero attached hydrogens (tertiary/aromatic N) is 8. The van der Waals surface area contributed by atoms with Crippen LogP contribution >= 0.6 is 0 Å². The van der Waals surface area contributed by atoms with Gasteiger partial charge in [-0.05, 0) is 109 Å². The van der Waals surface area contributed by atoms with Crippen molar-refractivity contribution in [2.24, 2.45) is 0 Å². The highest BCUT2D eigenvalue weighted by atomic mass is 16.6. The predicted molar refractivity (Wildman–Crippen MR) is 235 cm³/mol. The number of anilines is 3. The number of piperidine rings is 1. The van der Waals surface area contributed by atoms with Gasteiger partial charge in [0.1, 0.15) is 41.0 Å². The molecule has 1 aliphatic carbocycles. The number of piperazine rings is 1. The fourth-order valence-electron chi connectivity index (χ4n) is 8.97. The summed E-state index contributed by atoms with van der Waals surface area (Å²) in [5.41, 5.74) is 1.96. The molecule has 2 N–H and O–H groups in total. The van der Waals surface area contributed by atoms with Crippen LogP contribution in [0.25, 0.3) is 16.9 Å². The molecule has 2 aromatic heterocycles. The fraction of sp³-hybridized carbons (Fsp3) is 0.478. The number of phenolic OH excluding ortho intramolecular Hbond substituents is 1. The summed E-state index contributed by atoms with van der Waals surface area (Å²) in [6.45, 7) is 12.5. The Kier molecular flexibility index (Phi) is 12.1. The molecule has 18 heteroatoms. The third-order valence-electron chi connectivity index (χ3n) is 11.9. The molecule has 0 radical (unpaired) electrons. The van der Waals surface area contributed by atoms with E-state index in [1.54, 1.807) is 89.2 Å². The third kappa shape index (κ3) is 9.37. The average Bonchev–Trinajstić information content (AvgIpc) is 3.72. The molecule has 1 atom stereocenters. The number of benzene rings is 2. The molecule has 4 aromatic rings. The SMILES string of the molecule is CC(C)(C)OC(=O)Nc1nnc(-c2ccccc2O)cc1-n1cc(N2CCN(C3CCC(c4cccc5c4OCCN5[C@H]4CCC(=O)N(C(=O)OC(C)(C)C)C4=O)CC3)CC2=O)cn1. The first kappa shape index (κ1) is 44.1. The predicted octanol–water partition coefficient (Wildman–Crippen LogP) is 6.41. The number of hydrogen-bond donors (Lipinski definition) is 2. The van der Waals surface area contributed by atoms with Gasteiger partial charge in [0, 0.05) is 31.1 Å². The highest BCUT2D eigenvalue weighted by molar-refractivity contribution is 6.13. The molecular formula is C46H55N9O9. The molecule has 8 rings (SSSR count). The van der Waals surface area contributed by atoms with Gasteiger partial charge in [-0.2, -0.15) is 10.00 Å². The molecule has 3 aliphatic heterocycles. The molecule has 18 nitrogen and oxygen atoms in total. The van der Waals surface area contributed by atoms with Crippen molar-refractivity contribution in [1.29, 1.82) is 0 Å². The number of likely N-dealkylation sites (tertiary alicyclic amines) is 1. The lowest BCUT2D eigenvalue weighted by Crippen LogP contribution is -2.58. The van der Waals surface area contributed by atoms with Crippen molar-refractivity contribution in [3.05, 3.63) is 66.5 Å². The zero-order valence-electron chi connectivity index (χ0n) is 37.1. The summed E-state index contributed by atoms with van der Waals surface area (Å²) in [6.07, 6.45) is 5.51. The molecule has 0 bridgehead atoms. The van der Waals surface area contributed by atoms with Gasteiger partial charge in [0.25, 0.3) is 5.91 Å². The maximum atomic E-state index is 13.8. The molecule has 5 heterocycles. The number of fused-ring (bicyclic) bond motifs is 1. The molecule has 0 spiro atoms. The van der Waals surface area contributed by atoms with Gasteiger partial charge in [-0.25, -0.2) is 14.3 Å². The molecular weight excluding hydrogens is 823 g/mol. The molecule has 5 amide bonds. The average molecular weight is 878 g/mol. The third-order valence-corrected chi connectivity index (χ3v) is 11.9. The first-order valence-electron chi connectivity index (χ1n) is 21.8. The Morgan fingerprint density at radius 3 is 2.31 bits per heavy atom. The zero-order chi connectivity index (χ0) is 45.5. The van der Waals surface area contributed by atoms with Crippen LogP contribution in [-0.2, 0) is 23.9 Å². The quantitative estimate of drug-likeness (QED) is 0.193. The van der Waals surface area contributed by atoms with Crippen molar-refractivity contribution in [3.63, 3.8) is 0 Å². The topological polar surface area (TPSA) is 202 Å². The molecule has 338 valence electrons. The number of carbonyl (C=O) groups excluding carboxylic acids is 5. The van der Waals surface area contributed by atoms with E-state index in [-0.39, 0.29) is 48.8 Å². The summed E-state index contributed by atoms with van der Waals surface area (Å²) in [5.74, 6) is -0.161. The number of hydrogen-bond acceptors (Lipinski definition) is 14. The van der Waals surface area contributed by atoms with Gasteiger partial charge in [-0.1, -0.05) is 24.3 Å². The van der Waals surface area contributed by atoms with Crippen LogP contribution in [0.2, 0.25) is 0 Å². The molecule has 0 unspecified atom stereocenters. The first-order valence-corrected chi connectivity index (χ1v) is 21.8. The van der Waals surface area contributed by atoms with Gasteiger partial charge >= 0.3 is 12.2 Å². The van der Waals surface area contributed by atoms with Gasteiger partial charge in [-0.3, -0.25) is 24.6 Å². The standard InChI is InChI=1S/C46H55N9O9/c1-45(2,3)63-43(60)48-41-36(24-33(49-50-41)32-10-7-8-13-37(32)56)54-26-30(25-47-54)52-21-20-51(27-39(52)58)29-16-14-28(15-17-29)31-11-9-12-34-40(31)62-23-22-53(34)35-18-19-38(57)55(42(35)59)44(61)64-46(4,5)6/h7-13,24-26,28-29,35,56H,14-23,27H2,1-6H3,(H,48,50,60)/t28?,29?,35-/m0/s1. The van der Waals surface area contributed by atoms with E-state index in [0.29, 0.717) is 53.8 Å². The van der Waals surface area contributed by atoms with Gasteiger partial charge in [0.2, 0.25) is 11.8 Å². The van der Waals surface area contributed by atoms with Gasteiger partial charge in [0.15, 0.2) is 5.82 Å². The molecule has 2 saturated heterocycles. The van der Waals surface area contributed by atoms with E-state index in [2.05, 4.69) is 31.6 Å². The van der Waals surface area contributed by atoms with E-state index in [1.807, 2.05) is 17.0 Å². The highest BCUT2D eigenvalue weighted by Crippen LogP contribution is 2.45. The molecule has 64 heavy (non-hydrogen) atoms. The van der Waals surface area contributed by atoms with E-state index in [9.17, 15) is 29.1 Å². The van der Waals surface area contributed by atoms with Crippen molar-refractivity contribution in [3.8, 4) is 28.4 Å². The van der Waals surface area contributed by atoms with Gasteiger partial charge in [0.05, 0.1) is 42.6 Å². The summed E-state index contributed by atoms with van der Waals surface area (Å²) in [7, 11) is 0. The second-order valence-corrected chi connectivity index (χ2v) is 18.6. The molecule has 1 saturated carbocycles. The minimum Gasteiger partial charge on any atom is -0.507 e. The van der Waals surface area contributed by atoms with E-state index >= 15 is 0 Å². The number of ether oxygens (including phenoxy) is 3. The van der Waals surface area contributed by atoms with Crippen LogP contribution in [0.15, 0.2) is 60.9 Å². The van der Waals surface area contributed by atoms with E-state index in [0.717, 1.165) is 42.7 Å². The number of aromatic hydroxyl groups is 1. The van der Waals surface area contributed by atoms with Gasteiger partial charge < -0.3 is 29.1 Å². The molecule has 2 aromatic carbocycles. The second kappa shape index (κ2) is 17.5.